The van der Waals surface area contributed by atoms with E-state index < -0.39 is 7.26 Å². The Morgan fingerprint density at radius 2 is 0.962 bits per heavy atom. The van der Waals surface area contributed by atoms with Gasteiger partial charge >= 0.3 is 156 Å². The van der Waals surface area contributed by atoms with Crippen LogP contribution in [-0.2, 0) is 6.16 Å². The van der Waals surface area contributed by atoms with Crippen molar-refractivity contribution in [3.05, 3.63) is 113 Å². The second-order valence-corrected chi connectivity index (χ2v) is 11.7. The second kappa shape index (κ2) is 8.85. The van der Waals surface area contributed by atoms with Gasteiger partial charge in [0.15, 0.2) is 0 Å². The third-order valence-corrected chi connectivity index (χ3v) is 11.2. The van der Waals surface area contributed by atoms with Crippen LogP contribution in [0.25, 0.3) is 0 Å². The molecular formula is C23H20ClPSe. The zero-order valence-corrected chi connectivity index (χ0v) is 17.7. The van der Waals surface area contributed by atoms with Crippen molar-refractivity contribution in [2.45, 2.75) is 6.16 Å². The van der Waals surface area contributed by atoms with Crippen molar-refractivity contribution >= 4 is 37.7 Å². The third-order valence-electron chi connectivity index (χ3n) is 4.56. The van der Waals surface area contributed by atoms with Crippen molar-refractivity contribution in [3.63, 3.8) is 0 Å². The first-order chi connectivity index (χ1) is 12.4. The van der Waals surface area contributed by atoms with Crippen LogP contribution >= 0.6 is 7.26 Å². The molecule has 3 aromatic carbocycles. The molecule has 0 aliphatic carbocycles. The van der Waals surface area contributed by atoms with Gasteiger partial charge in [-0.2, -0.15) is 0 Å². The summed E-state index contributed by atoms with van der Waals surface area (Å²) in [7, 11) is -1.70. The van der Waals surface area contributed by atoms with Gasteiger partial charge in [-0.1, -0.05) is 0 Å². The summed E-state index contributed by atoms with van der Waals surface area (Å²) in [6, 6.07) is 38.0. The number of halogens is 1. The van der Waals surface area contributed by atoms with Crippen LogP contribution in [0.5, 0.6) is 0 Å². The minimum absolute atomic E-state index is 0. The topological polar surface area (TPSA) is 0 Å². The summed E-state index contributed by atoms with van der Waals surface area (Å²) in [5.41, 5.74) is 0. The van der Waals surface area contributed by atoms with Crippen molar-refractivity contribution in [2.75, 3.05) is 0 Å². The molecule has 0 aliphatic heterocycles. The molecule has 4 aromatic rings. The van der Waals surface area contributed by atoms with Gasteiger partial charge < -0.3 is 12.4 Å². The van der Waals surface area contributed by atoms with Crippen molar-refractivity contribution in [3.8, 4) is 0 Å². The van der Waals surface area contributed by atoms with Crippen LogP contribution in [0.15, 0.2) is 108 Å². The van der Waals surface area contributed by atoms with Crippen LogP contribution in [-0.4, -0.2) is 14.5 Å². The summed E-state index contributed by atoms with van der Waals surface area (Å²) in [6.07, 6.45) is 1.14. The summed E-state index contributed by atoms with van der Waals surface area (Å²) in [6.45, 7) is 0. The van der Waals surface area contributed by atoms with Crippen LogP contribution in [0.2, 0.25) is 0 Å². The van der Waals surface area contributed by atoms with E-state index in [2.05, 4.69) is 108 Å². The Hall–Kier alpha value is -1.62. The molecule has 4 rings (SSSR count). The minimum atomic E-state index is -1.70. The van der Waals surface area contributed by atoms with Crippen LogP contribution in [0.3, 0.4) is 0 Å². The Kier molecular flexibility index (Phi) is 6.52. The summed E-state index contributed by atoms with van der Waals surface area (Å²) in [5.74, 6) is 0. The van der Waals surface area contributed by atoms with E-state index in [1.165, 1.54) is 15.9 Å². The van der Waals surface area contributed by atoms with E-state index in [1.54, 1.807) is 4.44 Å². The Morgan fingerprint density at radius 1 is 0.538 bits per heavy atom. The molecule has 1 aromatic heterocycles. The van der Waals surface area contributed by atoms with Crippen LogP contribution in [0, 0.1) is 0 Å². The maximum absolute atomic E-state index is 2.34. The van der Waals surface area contributed by atoms with E-state index in [9.17, 15) is 0 Å². The molecule has 0 bridgehead atoms. The van der Waals surface area contributed by atoms with E-state index in [0.717, 1.165) is 6.16 Å². The van der Waals surface area contributed by atoms with Gasteiger partial charge in [-0.3, -0.25) is 0 Å². The number of benzene rings is 3. The molecule has 0 nitrogen and oxygen atoms in total. The van der Waals surface area contributed by atoms with E-state index in [4.69, 9.17) is 0 Å². The van der Waals surface area contributed by atoms with Crippen LogP contribution in [0.1, 0.15) is 4.44 Å². The molecule has 0 saturated heterocycles. The Morgan fingerprint density at radius 3 is 1.31 bits per heavy atom. The van der Waals surface area contributed by atoms with Gasteiger partial charge in [0.1, 0.15) is 0 Å². The molecule has 0 atom stereocenters. The molecule has 0 amide bonds. The molecule has 3 heteroatoms. The molecule has 1 heterocycles. The first-order valence-electron chi connectivity index (χ1n) is 8.47. The first kappa shape index (κ1) is 19.1. The fourth-order valence-electron chi connectivity index (χ4n) is 3.40. The Balaban J connectivity index is 0.00000196. The molecule has 0 fully saturated rings. The third kappa shape index (κ3) is 3.73. The van der Waals surface area contributed by atoms with Gasteiger partial charge in [0.05, 0.1) is 0 Å². The predicted molar refractivity (Wildman–Crippen MR) is 112 cm³/mol. The Labute approximate surface area is 168 Å². The van der Waals surface area contributed by atoms with Gasteiger partial charge in [0, 0.05) is 0 Å². The van der Waals surface area contributed by atoms with Gasteiger partial charge in [-0.25, -0.2) is 0 Å². The number of hydrogen-bond acceptors (Lipinski definition) is 0. The van der Waals surface area contributed by atoms with E-state index in [0.29, 0.717) is 14.5 Å². The van der Waals surface area contributed by atoms with Crippen LogP contribution in [0.4, 0.5) is 0 Å². The number of rotatable bonds is 5. The fraction of sp³-hybridized carbons (Fsp3) is 0.0435. The maximum atomic E-state index is 2.34. The number of hydrogen-bond donors (Lipinski definition) is 0. The molecule has 0 aliphatic rings. The van der Waals surface area contributed by atoms with Gasteiger partial charge in [0.2, 0.25) is 0 Å². The molecule has 26 heavy (non-hydrogen) atoms. The van der Waals surface area contributed by atoms with Crippen LogP contribution < -0.4 is 28.3 Å². The summed E-state index contributed by atoms with van der Waals surface area (Å²) >= 11 is 0.490. The average Bonchev–Trinajstić information content (AvgIpc) is 3.21. The van der Waals surface area contributed by atoms with Crippen molar-refractivity contribution in [1.29, 1.82) is 0 Å². The molecular weight excluding hydrogens is 422 g/mol. The summed E-state index contributed by atoms with van der Waals surface area (Å²) < 4.78 is 1.59. The molecule has 130 valence electrons. The zero-order valence-electron chi connectivity index (χ0n) is 14.3. The van der Waals surface area contributed by atoms with E-state index in [1.807, 2.05) is 0 Å². The molecule has 0 unspecified atom stereocenters. The standard InChI is InChI=1S/C23H20PSe.ClH/c1-4-11-20(12-5-1)24(19-23-17-10-18-25-23,21-13-6-2-7-14-21)22-15-8-3-9-16-22;/h1-18H,19H2;1H/q+1;/p-1. The second-order valence-electron chi connectivity index (χ2n) is 6.05. The summed E-state index contributed by atoms with van der Waals surface area (Å²) in [5, 5.41) is 4.41. The van der Waals surface area contributed by atoms with Gasteiger partial charge in [0.25, 0.3) is 0 Å². The molecule has 0 saturated carbocycles. The van der Waals surface area contributed by atoms with E-state index in [-0.39, 0.29) is 12.4 Å². The Bertz CT molecular complexity index is 810. The predicted octanol–water partition coefficient (Wildman–Crippen LogP) is 1.24. The van der Waals surface area contributed by atoms with Crippen molar-refractivity contribution < 1.29 is 12.4 Å². The molecule has 0 spiro atoms. The normalized spacial score (nSPS) is 10.9. The summed E-state index contributed by atoms with van der Waals surface area (Å²) in [4.78, 5) is 2.33. The fourth-order valence-corrected chi connectivity index (χ4v) is 10.3. The average molecular weight is 442 g/mol. The van der Waals surface area contributed by atoms with Crippen molar-refractivity contribution in [1.82, 2.24) is 0 Å². The van der Waals surface area contributed by atoms with E-state index >= 15 is 0 Å². The monoisotopic (exact) mass is 442 g/mol. The SMILES string of the molecule is [Cl-].c1ccc([P+](Cc2ccc[se]2)(c2ccccc2)c2ccccc2)cc1. The van der Waals surface area contributed by atoms with Gasteiger partial charge in [-0.15, -0.1) is 0 Å². The first-order valence-corrected chi connectivity index (χ1v) is 12.3. The molecule has 0 N–H and O–H groups in total. The zero-order chi connectivity index (χ0) is 17.0. The van der Waals surface area contributed by atoms with Crippen molar-refractivity contribution in [2.24, 2.45) is 0 Å². The molecule has 0 radical (unpaired) electrons. The quantitative estimate of drug-likeness (QED) is 0.323. The van der Waals surface area contributed by atoms with Gasteiger partial charge in [-0.05, 0) is 0 Å².